The van der Waals surface area contributed by atoms with Gasteiger partial charge in [0.2, 0.25) is 0 Å². The van der Waals surface area contributed by atoms with Crippen LogP contribution in [0.4, 0.5) is 4.79 Å². The number of nitrogens with one attached hydrogen (secondary N) is 2. The van der Waals surface area contributed by atoms with Crippen molar-refractivity contribution in [2.45, 2.75) is 70.3 Å². The van der Waals surface area contributed by atoms with E-state index in [4.69, 9.17) is 0 Å². The summed E-state index contributed by atoms with van der Waals surface area (Å²) in [6.45, 7) is 4.84. The monoisotopic (exact) mass is 308 g/mol. The number of quaternary nitrogens is 1. The molecule has 0 aromatic carbocycles. The van der Waals surface area contributed by atoms with Gasteiger partial charge >= 0.3 is 6.03 Å². The largest absolute Gasteiger partial charge is 0.329 e. The van der Waals surface area contributed by atoms with E-state index in [1.165, 1.54) is 48.3 Å². The van der Waals surface area contributed by atoms with Crippen LogP contribution >= 0.6 is 0 Å². The van der Waals surface area contributed by atoms with Crippen LogP contribution in [0.15, 0.2) is 0 Å². The molecule has 0 aromatic heterocycles. The average molecular weight is 308 g/mol. The molecule has 0 aromatic rings. The van der Waals surface area contributed by atoms with Crippen LogP contribution in [-0.2, 0) is 4.79 Å². The minimum atomic E-state index is -0.600. The molecule has 5 heteroatoms. The summed E-state index contributed by atoms with van der Waals surface area (Å²) in [6.07, 6.45) is 10.4. The Morgan fingerprint density at radius 1 is 1.09 bits per heavy atom. The van der Waals surface area contributed by atoms with Gasteiger partial charge in [-0.2, -0.15) is 0 Å². The van der Waals surface area contributed by atoms with Gasteiger partial charge in [-0.05, 0) is 44.4 Å². The van der Waals surface area contributed by atoms with Crippen LogP contribution in [0.1, 0.15) is 64.7 Å². The fourth-order valence-corrected chi connectivity index (χ4v) is 4.43. The number of urea groups is 1. The molecule has 5 nitrogen and oxygen atoms in total. The molecular weight excluding hydrogens is 278 g/mol. The maximum Gasteiger partial charge on any atom is 0.329 e. The molecule has 3 aliphatic rings. The highest BCUT2D eigenvalue weighted by molar-refractivity contribution is 6.07. The van der Waals surface area contributed by atoms with Gasteiger partial charge in [0.15, 0.2) is 6.67 Å². The van der Waals surface area contributed by atoms with E-state index in [1.807, 2.05) is 0 Å². The third-order valence-corrected chi connectivity index (χ3v) is 5.94. The summed E-state index contributed by atoms with van der Waals surface area (Å²) in [5.41, 5.74) is -0.600. The van der Waals surface area contributed by atoms with E-state index >= 15 is 0 Å². The third-order valence-electron chi connectivity index (χ3n) is 5.94. The van der Waals surface area contributed by atoms with Crippen molar-refractivity contribution in [3.8, 4) is 0 Å². The van der Waals surface area contributed by atoms with E-state index < -0.39 is 5.54 Å². The number of hydrogen-bond donors (Lipinski definition) is 2. The van der Waals surface area contributed by atoms with E-state index in [2.05, 4.69) is 12.2 Å². The standard InChI is InChI=1S/C17H29N3O2/c1-14-9-5-6-10-17(14)15(21)20(16(22)18-17)13-19-11-7-3-2-4-8-12-19/h14H,2-13H2,1H3,(H,18,22)/p+1/t14-,17+/m1/s1. The smallest absolute Gasteiger partial charge is 0.323 e. The second-order valence-electron chi connectivity index (χ2n) is 7.46. The van der Waals surface area contributed by atoms with Gasteiger partial charge in [0.05, 0.1) is 13.1 Å². The normalized spacial score (nSPS) is 34.6. The zero-order chi connectivity index (χ0) is 15.6. The number of hydrogen-bond acceptors (Lipinski definition) is 2. The molecule has 2 aliphatic heterocycles. The number of nitrogens with zero attached hydrogens (tertiary/aromatic N) is 1. The van der Waals surface area contributed by atoms with Crippen LogP contribution in [-0.4, -0.2) is 42.1 Å². The lowest BCUT2D eigenvalue weighted by Gasteiger charge is -2.37. The molecule has 0 bridgehead atoms. The Bertz CT molecular complexity index is 432. The van der Waals surface area contributed by atoms with Gasteiger partial charge < -0.3 is 10.2 Å². The van der Waals surface area contributed by atoms with E-state index in [-0.39, 0.29) is 17.9 Å². The number of imide groups is 1. The van der Waals surface area contributed by atoms with Gasteiger partial charge in [0.1, 0.15) is 5.54 Å². The van der Waals surface area contributed by atoms with Crippen molar-refractivity contribution >= 4 is 11.9 Å². The first kappa shape index (κ1) is 15.8. The number of carbonyl (C=O) groups is 2. The predicted molar refractivity (Wildman–Crippen MR) is 84.4 cm³/mol. The fourth-order valence-electron chi connectivity index (χ4n) is 4.43. The lowest BCUT2D eigenvalue weighted by atomic mass is 9.73. The van der Waals surface area contributed by atoms with Gasteiger partial charge in [-0.25, -0.2) is 9.69 Å². The Hall–Kier alpha value is -1.10. The summed E-state index contributed by atoms with van der Waals surface area (Å²) in [7, 11) is 0. The zero-order valence-corrected chi connectivity index (χ0v) is 13.8. The number of likely N-dealkylation sites (tertiary alicyclic amines) is 1. The molecule has 0 unspecified atom stereocenters. The fraction of sp³-hybridized carbons (Fsp3) is 0.882. The average Bonchev–Trinajstić information content (AvgIpc) is 2.70. The summed E-state index contributed by atoms with van der Waals surface area (Å²) < 4.78 is 0. The van der Waals surface area contributed by atoms with Gasteiger partial charge in [-0.15, -0.1) is 0 Å². The Morgan fingerprint density at radius 2 is 1.77 bits per heavy atom. The highest BCUT2D eigenvalue weighted by atomic mass is 16.2. The van der Waals surface area contributed by atoms with Crippen molar-refractivity contribution in [3.05, 3.63) is 0 Å². The maximum absolute atomic E-state index is 13.0. The third kappa shape index (κ3) is 2.87. The van der Waals surface area contributed by atoms with E-state index in [0.717, 1.165) is 32.4 Å². The topological polar surface area (TPSA) is 53.9 Å². The van der Waals surface area contributed by atoms with Gasteiger partial charge in [0, 0.05) is 0 Å². The first-order valence-corrected chi connectivity index (χ1v) is 9.11. The Kier molecular flexibility index (Phi) is 4.71. The first-order chi connectivity index (χ1) is 10.6. The molecule has 2 N–H and O–H groups in total. The molecule has 1 aliphatic carbocycles. The Morgan fingerprint density at radius 3 is 2.45 bits per heavy atom. The summed E-state index contributed by atoms with van der Waals surface area (Å²) in [6, 6.07) is -0.159. The molecule has 3 rings (SSSR count). The molecule has 1 spiro atoms. The molecule has 2 atom stereocenters. The minimum absolute atomic E-state index is 0.0410. The van der Waals surface area contributed by atoms with E-state index in [9.17, 15) is 9.59 Å². The molecule has 124 valence electrons. The maximum atomic E-state index is 13.0. The second kappa shape index (κ2) is 6.57. The molecule has 22 heavy (non-hydrogen) atoms. The number of carbonyl (C=O) groups excluding carboxylic acids is 2. The van der Waals surface area contributed by atoms with Crippen LogP contribution in [0.5, 0.6) is 0 Å². The molecule has 3 amide bonds. The molecule has 3 fully saturated rings. The number of rotatable bonds is 2. The summed E-state index contributed by atoms with van der Waals surface area (Å²) in [5.74, 6) is 0.296. The van der Waals surface area contributed by atoms with E-state index in [1.54, 1.807) is 0 Å². The second-order valence-corrected chi connectivity index (χ2v) is 7.46. The van der Waals surface area contributed by atoms with Crippen LogP contribution < -0.4 is 10.2 Å². The van der Waals surface area contributed by atoms with Crippen molar-refractivity contribution in [1.82, 2.24) is 10.2 Å². The highest BCUT2D eigenvalue weighted by Gasteiger charge is 2.55. The number of amides is 3. The summed E-state index contributed by atoms with van der Waals surface area (Å²) in [4.78, 5) is 28.3. The molecule has 0 radical (unpaired) electrons. The Balaban J connectivity index is 1.68. The molecule has 2 heterocycles. The van der Waals surface area contributed by atoms with Crippen molar-refractivity contribution in [2.75, 3.05) is 19.8 Å². The lowest BCUT2D eigenvalue weighted by Crippen LogP contribution is -3.13. The van der Waals surface area contributed by atoms with Crippen LogP contribution in [0.2, 0.25) is 0 Å². The summed E-state index contributed by atoms with van der Waals surface area (Å²) >= 11 is 0. The highest BCUT2D eigenvalue weighted by Crippen LogP contribution is 2.37. The predicted octanol–water partition coefficient (Wildman–Crippen LogP) is 1.29. The van der Waals surface area contributed by atoms with Crippen LogP contribution in [0.3, 0.4) is 0 Å². The van der Waals surface area contributed by atoms with Crippen LogP contribution in [0, 0.1) is 5.92 Å². The molecule has 2 saturated heterocycles. The lowest BCUT2D eigenvalue weighted by molar-refractivity contribution is -0.908. The zero-order valence-electron chi connectivity index (χ0n) is 13.8. The van der Waals surface area contributed by atoms with E-state index in [0.29, 0.717) is 6.67 Å². The van der Waals surface area contributed by atoms with Crippen molar-refractivity contribution in [2.24, 2.45) is 5.92 Å². The van der Waals surface area contributed by atoms with Gasteiger partial charge in [-0.3, -0.25) is 4.79 Å². The van der Waals surface area contributed by atoms with Crippen molar-refractivity contribution in [1.29, 1.82) is 0 Å². The molecule has 1 saturated carbocycles. The minimum Gasteiger partial charge on any atom is -0.323 e. The quantitative estimate of drug-likeness (QED) is 0.756. The molecular formula is C17H30N3O2+. The first-order valence-electron chi connectivity index (χ1n) is 9.11. The van der Waals surface area contributed by atoms with Crippen molar-refractivity contribution < 1.29 is 14.5 Å². The van der Waals surface area contributed by atoms with Crippen molar-refractivity contribution in [3.63, 3.8) is 0 Å². The Labute approximate surface area is 133 Å². The SMILES string of the molecule is C[C@@H]1CCCC[C@]12NC(=O)N(C[NH+]1CCCCCCC1)C2=O. The van der Waals surface area contributed by atoms with Gasteiger partial charge in [-0.1, -0.05) is 26.2 Å². The van der Waals surface area contributed by atoms with Crippen LogP contribution in [0.25, 0.3) is 0 Å². The van der Waals surface area contributed by atoms with Gasteiger partial charge in [0.25, 0.3) is 5.91 Å². The summed E-state index contributed by atoms with van der Waals surface area (Å²) in [5, 5.41) is 3.06.